The zero-order chi connectivity index (χ0) is 9.10. The molecule has 2 rings (SSSR count). The first kappa shape index (κ1) is 8.01. The summed E-state index contributed by atoms with van der Waals surface area (Å²) in [5, 5.41) is 9.76. The lowest BCUT2D eigenvalue weighted by Crippen LogP contribution is -1.97. The molecule has 0 aliphatic heterocycles. The van der Waals surface area contributed by atoms with Crippen molar-refractivity contribution in [2.24, 2.45) is 0 Å². The maximum absolute atomic E-state index is 9.76. The Kier molecular flexibility index (Phi) is 2.10. The van der Waals surface area contributed by atoms with Crippen molar-refractivity contribution in [3.63, 3.8) is 0 Å². The van der Waals surface area contributed by atoms with Gasteiger partial charge < -0.3 is 9.52 Å². The fraction of sp³-hybridized carbons (Fsp3) is 0.100. The van der Waals surface area contributed by atoms with E-state index in [0.717, 1.165) is 5.56 Å². The molecule has 0 aliphatic carbocycles. The van der Waals surface area contributed by atoms with Gasteiger partial charge in [0.1, 0.15) is 11.9 Å². The summed E-state index contributed by atoms with van der Waals surface area (Å²) in [7, 11) is 0. The molecular weight excluding hydrogens is 166 g/mol. The highest BCUT2D eigenvalue weighted by atomic mass is 16.4. The van der Waals surface area contributed by atoms with Gasteiger partial charge in [0.15, 0.2) is 0 Å². The van der Waals surface area contributed by atoms with E-state index in [9.17, 15) is 5.11 Å². The third-order valence-corrected chi connectivity index (χ3v) is 1.83. The number of aromatic nitrogens is 1. The van der Waals surface area contributed by atoms with Gasteiger partial charge in [0.05, 0.1) is 6.26 Å². The zero-order valence-electron chi connectivity index (χ0n) is 6.92. The second-order valence-corrected chi connectivity index (χ2v) is 2.70. The molecule has 1 unspecified atom stereocenters. The lowest BCUT2D eigenvalue weighted by molar-refractivity contribution is 0.189. The summed E-state index contributed by atoms with van der Waals surface area (Å²) in [6.07, 6.45) is 4.13. The van der Waals surface area contributed by atoms with E-state index >= 15 is 0 Å². The Morgan fingerprint density at radius 3 is 2.62 bits per heavy atom. The Bertz CT molecular complexity index is 356. The molecule has 2 aromatic heterocycles. The number of hydrogen-bond acceptors (Lipinski definition) is 3. The van der Waals surface area contributed by atoms with Gasteiger partial charge in [-0.1, -0.05) is 0 Å². The van der Waals surface area contributed by atoms with Gasteiger partial charge in [0.2, 0.25) is 0 Å². The van der Waals surface area contributed by atoms with Crippen LogP contribution in [0.1, 0.15) is 17.4 Å². The number of aliphatic hydroxyl groups is 1. The van der Waals surface area contributed by atoms with Crippen LogP contribution >= 0.6 is 0 Å². The Labute approximate surface area is 75.7 Å². The van der Waals surface area contributed by atoms with E-state index in [1.54, 1.807) is 42.9 Å². The number of hydrogen-bond donors (Lipinski definition) is 1. The van der Waals surface area contributed by atoms with Crippen molar-refractivity contribution >= 4 is 0 Å². The summed E-state index contributed by atoms with van der Waals surface area (Å²) >= 11 is 0. The molecule has 2 heterocycles. The van der Waals surface area contributed by atoms with Gasteiger partial charge in [-0.2, -0.15) is 0 Å². The van der Waals surface area contributed by atoms with Crippen LogP contribution in [0, 0.1) is 0 Å². The molecular formula is C10H9NO2. The topological polar surface area (TPSA) is 46.3 Å². The van der Waals surface area contributed by atoms with Gasteiger partial charge in [0.25, 0.3) is 0 Å². The Balaban J connectivity index is 2.29. The molecule has 0 aliphatic rings. The third-order valence-electron chi connectivity index (χ3n) is 1.83. The standard InChI is InChI=1S/C10H9NO2/c12-10(9-2-1-7-13-9)8-3-5-11-6-4-8/h1-7,10,12H. The minimum absolute atomic E-state index is 0.547. The van der Waals surface area contributed by atoms with E-state index in [0.29, 0.717) is 5.76 Å². The first-order chi connectivity index (χ1) is 6.38. The van der Waals surface area contributed by atoms with Gasteiger partial charge >= 0.3 is 0 Å². The highest BCUT2D eigenvalue weighted by molar-refractivity contribution is 5.21. The van der Waals surface area contributed by atoms with Crippen LogP contribution in [0.2, 0.25) is 0 Å². The molecule has 0 spiro atoms. The monoisotopic (exact) mass is 175 g/mol. The lowest BCUT2D eigenvalue weighted by atomic mass is 10.1. The van der Waals surface area contributed by atoms with Crippen molar-refractivity contribution in [1.82, 2.24) is 4.98 Å². The van der Waals surface area contributed by atoms with E-state index in [4.69, 9.17) is 4.42 Å². The van der Waals surface area contributed by atoms with E-state index in [1.807, 2.05) is 0 Å². The zero-order valence-corrected chi connectivity index (χ0v) is 6.92. The average Bonchev–Trinajstić information content (AvgIpc) is 2.71. The van der Waals surface area contributed by atoms with Gasteiger partial charge in [-0.3, -0.25) is 4.98 Å². The van der Waals surface area contributed by atoms with Crippen LogP contribution in [0.15, 0.2) is 47.3 Å². The van der Waals surface area contributed by atoms with E-state index in [2.05, 4.69) is 4.98 Å². The molecule has 0 amide bonds. The van der Waals surface area contributed by atoms with Gasteiger partial charge in [-0.05, 0) is 29.8 Å². The van der Waals surface area contributed by atoms with E-state index < -0.39 is 6.10 Å². The van der Waals surface area contributed by atoms with Crippen molar-refractivity contribution in [3.05, 3.63) is 54.2 Å². The Hall–Kier alpha value is -1.61. The van der Waals surface area contributed by atoms with Gasteiger partial charge in [-0.25, -0.2) is 0 Å². The number of rotatable bonds is 2. The predicted octanol–water partition coefficient (Wildman–Crippen LogP) is 1.76. The molecule has 13 heavy (non-hydrogen) atoms. The highest BCUT2D eigenvalue weighted by Crippen LogP contribution is 2.20. The third kappa shape index (κ3) is 1.60. The molecule has 2 aromatic rings. The van der Waals surface area contributed by atoms with Crippen molar-refractivity contribution in [1.29, 1.82) is 0 Å². The molecule has 66 valence electrons. The van der Waals surface area contributed by atoms with E-state index in [-0.39, 0.29) is 0 Å². The molecule has 0 saturated heterocycles. The summed E-state index contributed by atoms with van der Waals surface area (Å²) in [4.78, 5) is 3.87. The summed E-state index contributed by atoms with van der Waals surface area (Å²) in [6, 6.07) is 7.01. The minimum atomic E-state index is -0.696. The molecule has 3 nitrogen and oxygen atoms in total. The highest BCUT2D eigenvalue weighted by Gasteiger charge is 2.11. The molecule has 3 heteroatoms. The molecule has 0 fully saturated rings. The van der Waals surface area contributed by atoms with Gasteiger partial charge in [0, 0.05) is 12.4 Å². The van der Waals surface area contributed by atoms with Crippen molar-refractivity contribution in [2.45, 2.75) is 6.10 Å². The number of nitrogens with zero attached hydrogens (tertiary/aromatic N) is 1. The normalized spacial score (nSPS) is 12.7. The van der Waals surface area contributed by atoms with Crippen LogP contribution < -0.4 is 0 Å². The SMILES string of the molecule is OC(c1ccncc1)c1ccco1. The Morgan fingerprint density at radius 2 is 2.00 bits per heavy atom. The fourth-order valence-electron chi connectivity index (χ4n) is 1.16. The molecule has 0 bridgehead atoms. The molecule has 1 N–H and O–H groups in total. The predicted molar refractivity (Wildman–Crippen MR) is 47.0 cm³/mol. The van der Waals surface area contributed by atoms with Crippen LogP contribution in [0.5, 0.6) is 0 Å². The Morgan fingerprint density at radius 1 is 1.23 bits per heavy atom. The van der Waals surface area contributed by atoms with E-state index in [1.165, 1.54) is 0 Å². The maximum Gasteiger partial charge on any atom is 0.137 e. The second kappa shape index (κ2) is 3.41. The van der Waals surface area contributed by atoms with Crippen molar-refractivity contribution in [3.8, 4) is 0 Å². The molecule has 0 radical (unpaired) electrons. The van der Waals surface area contributed by atoms with Crippen LogP contribution in [-0.2, 0) is 0 Å². The first-order valence-corrected chi connectivity index (χ1v) is 3.99. The van der Waals surface area contributed by atoms with Crippen molar-refractivity contribution < 1.29 is 9.52 Å². The minimum Gasteiger partial charge on any atom is -0.466 e. The largest absolute Gasteiger partial charge is 0.466 e. The summed E-state index contributed by atoms with van der Waals surface area (Å²) in [5.41, 5.74) is 0.782. The summed E-state index contributed by atoms with van der Waals surface area (Å²) in [6.45, 7) is 0. The number of pyridine rings is 1. The molecule has 1 atom stereocenters. The summed E-state index contributed by atoms with van der Waals surface area (Å²) in [5.74, 6) is 0.547. The quantitative estimate of drug-likeness (QED) is 0.756. The van der Waals surface area contributed by atoms with Crippen molar-refractivity contribution in [2.75, 3.05) is 0 Å². The fourth-order valence-corrected chi connectivity index (χ4v) is 1.16. The lowest BCUT2D eigenvalue weighted by Gasteiger charge is -2.06. The molecule has 0 aromatic carbocycles. The first-order valence-electron chi connectivity index (χ1n) is 3.99. The van der Waals surface area contributed by atoms with Crippen LogP contribution in [0.3, 0.4) is 0 Å². The average molecular weight is 175 g/mol. The number of furan rings is 1. The number of aliphatic hydroxyl groups excluding tert-OH is 1. The van der Waals surface area contributed by atoms with Crippen LogP contribution in [0.25, 0.3) is 0 Å². The second-order valence-electron chi connectivity index (χ2n) is 2.70. The van der Waals surface area contributed by atoms with Crippen LogP contribution in [0.4, 0.5) is 0 Å². The van der Waals surface area contributed by atoms with Gasteiger partial charge in [-0.15, -0.1) is 0 Å². The van der Waals surface area contributed by atoms with Crippen LogP contribution in [-0.4, -0.2) is 10.1 Å². The smallest absolute Gasteiger partial charge is 0.137 e. The summed E-state index contributed by atoms with van der Waals surface area (Å²) < 4.78 is 5.08. The molecule has 0 saturated carbocycles. The maximum atomic E-state index is 9.76.